The van der Waals surface area contributed by atoms with Crippen LogP contribution in [-0.4, -0.2) is 24.4 Å². The number of carbonyl (C=O) groups excluding carboxylic acids is 2. The molecule has 0 radical (unpaired) electrons. The van der Waals surface area contributed by atoms with Gasteiger partial charge in [0.05, 0.1) is 23.8 Å². The van der Waals surface area contributed by atoms with Crippen molar-refractivity contribution in [1.82, 2.24) is 0 Å². The maximum absolute atomic E-state index is 12.8. The van der Waals surface area contributed by atoms with E-state index < -0.39 is 0 Å². The average Bonchev–Trinajstić information content (AvgIpc) is 2.96. The fourth-order valence-corrected chi connectivity index (χ4v) is 3.46. The lowest BCUT2D eigenvalue weighted by atomic mass is 10.1. The zero-order valence-electron chi connectivity index (χ0n) is 15.5. The summed E-state index contributed by atoms with van der Waals surface area (Å²) in [4.78, 5) is 26.7. The number of methoxy groups -OCH3 is 1. The molecule has 0 unspecified atom stereocenters. The Morgan fingerprint density at radius 1 is 1.11 bits per heavy atom. The highest BCUT2D eigenvalue weighted by molar-refractivity contribution is 8.19. The molecule has 2 aromatic carbocycles. The number of rotatable bonds is 6. The Bertz CT molecular complexity index is 879. The molecule has 5 nitrogen and oxygen atoms in total. The van der Waals surface area contributed by atoms with Crippen molar-refractivity contribution in [2.45, 2.75) is 26.4 Å². The number of nitrogens with zero attached hydrogens (tertiary/aromatic N) is 1. The Morgan fingerprint density at radius 3 is 2.52 bits per heavy atom. The normalized spacial score (nSPS) is 16.7. The van der Waals surface area contributed by atoms with Gasteiger partial charge in [0, 0.05) is 5.56 Å². The minimum atomic E-state index is -0.339. The summed E-state index contributed by atoms with van der Waals surface area (Å²) in [7, 11) is 1.58. The van der Waals surface area contributed by atoms with Gasteiger partial charge >= 0.3 is 0 Å². The zero-order chi connectivity index (χ0) is 19.4. The van der Waals surface area contributed by atoms with Crippen LogP contribution in [0.15, 0.2) is 53.4 Å². The third kappa shape index (κ3) is 4.01. The van der Waals surface area contributed by atoms with Crippen molar-refractivity contribution < 1.29 is 19.1 Å². The summed E-state index contributed by atoms with van der Waals surface area (Å²) in [6.45, 7) is 4.00. The first-order chi connectivity index (χ1) is 13.0. The Labute approximate surface area is 163 Å². The van der Waals surface area contributed by atoms with Gasteiger partial charge in [0.25, 0.3) is 11.1 Å². The van der Waals surface area contributed by atoms with Gasteiger partial charge in [-0.05, 0) is 49.4 Å². The van der Waals surface area contributed by atoms with Crippen LogP contribution in [0.1, 0.15) is 25.8 Å². The average molecular weight is 383 g/mol. The van der Waals surface area contributed by atoms with E-state index in [1.54, 1.807) is 37.5 Å². The minimum Gasteiger partial charge on any atom is -0.493 e. The predicted molar refractivity (Wildman–Crippen MR) is 108 cm³/mol. The van der Waals surface area contributed by atoms with Gasteiger partial charge in [-0.15, -0.1) is 0 Å². The third-order valence-electron chi connectivity index (χ3n) is 4.22. The molecule has 1 saturated heterocycles. The Hall–Kier alpha value is -2.73. The molecule has 3 rings (SSSR count). The van der Waals surface area contributed by atoms with E-state index in [-0.39, 0.29) is 17.3 Å². The number of para-hydroxylation sites is 2. The molecule has 2 aromatic rings. The van der Waals surface area contributed by atoms with E-state index in [4.69, 9.17) is 9.47 Å². The lowest BCUT2D eigenvalue weighted by Crippen LogP contribution is -2.27. The summed E-state index contributed by atoms with van der Waals surface area (Å²) < 4.78 is 11.4. The summed E-state index contributed by atoms with van der Waals surface area (Å²) in [6.07, 6.45) is 2.52. The van der Waals surface area contributed by atoms with Crippen LogP contribution in [0.2, 0.25) is 0 Å². The maximum atomic E-state index is 12.8. The molecule has 27 heavy (non-hydrogen) atoms. The Kier molecular flexibility index (Phi) is 5.86. The summed E-state index contributed by atoms with van der Waals surface area (Å²) in [5.41, 5.74) is 1.26. The van der Waals surface area contributed by atoms with Crippen molar-refractivity contribution in [3.8, 4) is 11.5 Å². The van der Waals surface area contributed by atoms with E-state index in [0.29, 0.717) is 27.7 Å². The molecule has 1 atom stereocenters. The topological polar surface area (TPSA) is 55.8 Å². The van der Waals surface area contributed by atoms with Crippen molar-refractivity contribution in [2.75, 3.05) is 12.0 Å². The molecule has 0 aliphatic carbocycles. The third-order valence-corrected chi connectivity index (χ3v) is 5.09. The van der Waals surface area contributed by atoms with Crippen molar-refractivity contribution >= 4 is 34.7 Å². The number of carbonyl (C=O) groups is 2. The molecule has 1 aliphatic heterocycles. The first-order valence-corrected chi connectivity index (χ1v) is 9.53. The lowest BCUT2D eigenvalue weighted by molar-refractivity contribution is -0.113. The molecule has 2 amide bonds. The van der Waals surface area contributed by atoms with Crippen LogP contribution in [0.4, 0.5) is 10.5 Å². The molecule has 1 aliphatic rings. The van der Waals surface area contributed by atoms with Crippen LogP contribution < -0.4 is 14.4 Å². The summed E-state index contributed by atoms with van der Waals surface area (Å²) in [5.74, 6) is 0.820. The van der Waals surface area contributed by atoms with Gasteiger partial charge in [-0.3, -0.25) is 9.59 Å². The molecule has 0 bridgehead atoms. The van der Waals surface area contributed by atoms with Crippen molar-refractivity contribution in [2.24, 2.45) is 0 Å². The number of imide groups is 1. The summed E-state index contributed by atoms with van der Waals surface area (Å²) >= 11 is 0.920. The van der Waals surface area contributed by atoms with E-state index in [9.17, 15) is 9.59 Å². The van der Waals surface area contributed by atoms with E-state index >= 15 is 0 Å². The van der Waals surface area contributed by atoms with Gasteiger partial charge in [-0.25, -0.2) is 4.90 Å². The molecule has 1 heterocycles. The molecule has 0 aromatic heterocycles. The molecular formula is C21H21NO4S. The number of hydrogen-bond donors (Lipinski definition) is 0. The van der Waals surface area contributed by atoms with Crippen LogP contribution in [-0.2, 0) is 4.79 Å². The monoisotopic (exact) mass is 383 g/mol. The van der Waals surface area contributed by atoms with Crippen LogP contribution in [0.25, 0.3) is 6.08 Å². The molecule has 0 saturated carbocycles. The molecule has 140 valence electrons. The van der Waals surface area contributed by atoms with Crippen molar-refractivity contribution in [1.29, 1.82) is 0 Å². The van der Waals surface area contributed by atoms with Crippen LogP contribution in [0.5, 0.6) is 11.5 Å². The second-order valence-electron chi connectivity index (χ2n) is 6.07. The summed E-state index contributed by atoms with van der Waals surface area (Å²) in [5, 5.41) is -0.315. The second-order valence-corrected chi connectivity index (χ2v) is 7.06. The highest BCUT2D eigenvalue weighted by Crippen LogP contribution is 2.39. The van der Waals surface area contributed by atoms with Crippen molar-refractivity contribution in [3.05, 3.63) is 59.0 Å². The van der Waals surface area contributed by atoms with Gasteiger partial charge in [0.2, 0.25) is 0 Å². The number of anilines is 1. The predicted octanol–water partition coefficient (Wildman–Crippen LogP) is 5.11. The van der Waals surface area contributed by atoms with E-state index in [0.717, 1.165) is 18.2 Å². The fourth-order valence-electron chi connectivity index (χ4n) is 2.63. The highest BCUT2D eigenvalue weighted by Gasteiger charge is 2.36. The number of ether oxygens (including phenoxy) is 2. The molecule has 0 N–H and O–H groups in total. The fraction of sp³-hybridized carbons (Fsp3) is 0.238. The standard InChI is InChI=1S/C21H21NO4S/c1-4-14(2)26-19-15(9-8-12-17(19)25-3)13-18-20(23)22(21(24)27-18)16-10-6-5-7-11-16/h5-14H,4H2,1-3H3/b18-13+/t14-/m1/s1. The first kappa shape index (κ1) is 19.0. The smallest absolute Gasteiger partial charge is 0.298 e. The van der Waals surface area contributed by atoms with Crippen molar-refractivity contribution in [3.63, 3.8) is 0 Å². The first-order valence-electron chi connectivity index (χ1n) is 8.71. The van der Waals surface area contributed by atoms with Gasteiger partial charge in [-0.1, -0.05) is 37.3 Å². The van der Waals surface area contributed by atoms with E-state index in [2.05, 4.69) is 0 Å². The number of amides is 2. The number of benzene rings is 2. The van der Waals surface area contributed by atoms with Gasteiger partial charge in [0.15, 0.2) is 11.5 Å². The minimum absolute atomic E-state index is 0.00664. The lowest BCUT2D eigenvalue weighted by Gasteiger charge is -2.17. The zero-order valence-corrected chi connectivity index (χ0v) is 16.3. The Morgan fingerprint density at radius 2 is 1.85 bits per heavy atom. The SMILES string of the molecule is CC[C@@H](C)Oc1c(/C=C2/SC(=O)N(c3ccccc3)C2=O)cccc1OC. The van der Waals surface area contributed by atoms with Crippen LogP contribution in [0.3, 0.4) is 0 Å². The van der Waals surface area contributed by atoms with Gasteiger partial charge in [0.1, 0.15) is 0 Å². The van der Waals surface area contributed by atoms with E-state index in [1.807, 2.05) is 38.1 Å². The number of hydrogen-bond acceptors (Lipinski definition) is 5. The maximum Gasteiger partial charge on any atom is 0.298 e. The Balaban J connectivity index is 1.97. The largest absolute Gasteiger partial charge is 0.493 e. The van der Waals surface area contributed by atoms with Gasteiger partial charge in [-0.2, -0.15) is 0 Å². The van der Waals surface area contributed by atoms with E-state index in [1.165, 1.54) is 4.90 Å². The highest BCUT2D eigenvalue weighted by atomic mass is 32.2. The molecule has 1 fully saturated rings. The molecule has 6 heteroatoms. The molecular weight excluding hydrogens is 362 g/mol. The molecule has 0 spiro atoms. The quantitative estimate of drug-likeness (QED) is 0.649. The number of thioether (sulfide) groups is 1. The summed E-state index contributed by atoms with van der Waals surface area (Å²) in [6, 6.07) is 14.4. The van der Waals surface area contributed by atoms with Crippen LogP contribution >= 0.6 is 11.8 Å². The second kappa shape index (κ2) is 8.31. The van der Waals surface area contributed by atoms with Gasteiger partial charge < -0.3 is 9.47 Å². The van der Waals surface area contributed by atoms with Crippen LogP contribution in [0, 0.1) is 0 Å².